The lowest BCUT2D eigenvalue weighted by molar-refractivity contribution is 0.573. The summed E-state index contributed by atoms with van der Waals surface area (Å²) in [5.41, 5.74) is 2.35. The summed E-state index contributed by atoms with van der Waals surface area (Å²) in [6, 6.07) is 14.9. The van der Waals surface area contributed by atoms with Crippen LogP contribution in [0.5, 0.6) is 0 Å². The van der Waals surface area contributed by atoms with Gasteiger partial charge < -0.3 is 9.47 Å². The Bertz CT molecular complexity index is 737. The highest BCUT2D eigenvalue weighted by Gasteiger charge is 2.12. The van der Waals surface area contributed by atoms with E-state index in [0.29, 0.717) is 0 Å². The molecule has 3 heteroatoms. The van der Waals surface area contributed by atoms with Crippen molar-refractivity contribution in [3.8, 4) is 5.69 Å². The van der Waals surface area contributed by atoms with Gasteiger partial charge in [0.15, 0.2) is 0 Å². The van der Waals surface area contributed by atoms with Crippen molar-refractivity contribution in [2.24, 2.45) is 0 Å². The summed E-state index contributed by atoms with van der Waals surface area (Å²) >= 11 is 0. The maximum absolute atomic E-state index is 4.67. The molecule has 0 saturated carbocycles. The highest BCUT2D eigenvalue weighted by Crippen LogP contribution is 2.22. The van der Waals surface area contributed by atoms with Crippen LogP contribution in [0.1, 0.15) is 19.3 Å². The van der Waals surface area contributed by atoms with Crippen LogP contribution in [0.4, 0.5) is 5.82 Å². The molecule has 0 bridgehead atoms. The summed E-state index contributed by atoms with van der Waals surface area (Å²) in [5, 5.41) is 1.26. The van der Waals surface area contributed by atoms with Crippen molar-refractivity contribution in [1.82, 2.24) is 9.55 Å². The number of aromatic nitrogens is 2. The van der Waals surface area contributed by atoms with Gasteiger partial charge in [-0.1, -0.05) is 18.2 Å². The van der Waals surface area contributed by atoms with Gasteiger partial charge in [-0.15, -0.1) is 0 Å². The predicted molar refractivity (Wildman–Crippen MR) is 87.1 cm³/mol. The molecular formula is C18H19N3. The van der Waals surface area contributed by atoms with Crippen LogP contribution in [0.15, 0.2) is 54.9 Å². The highest BCUT2D eigenvalue weighted by atomic mass is 15.2. The number of benzene rings is 1. The van der Waals surface area contributed by atoms with Gasteiger partial charge in [0.25, 0.3) is 0 Å². The number of piperidine rings is 1. The fourth-order valence-corrected chi connectivity index (χ4v) is 3.14. The standard InChI is InChI=1S/C18H19N3/c1-4-11-20(12-5-1)18-9-8-16(14-19-18)21-13-10-15-6-2-3-7-17(15)21/h2-3,6-10,13-14H,1,4-5,11-12H2. The summed E-state index contributed by atoms with van der Waals surface area (Å²) in [6.45, 7) is 2.28. The Kier molecular flexibility index (Phi) is 3.11. The summed E-state index contributed by atoms with van der Waals surface area (Å²) in [5.74, 6) is 1.11. The quantitative estimate of drug-likeness (QED) is 0.705. The third-order valence-corrected chi connectivity index (χ3v) is 4.29. The fraction of sp³-hybridized carbons (Fsp3) is 0.278. The molecule has 0 aliphatic carbocycles. The number of hydrogen-bond donors (Lipinski definition) is 0. The molecule has 21 heavy (non-hydrogen) atoms. The molecule has 0 amide bonds. The first-order valence-corrected chi connectivity index (χ1v) is 7.69. The summed E-state index contributed by atoms with van der Waals surface area (Å²) in [6.07, 6.45) is 8.01. The van der Waals surface area contributed by atoms with Crippen LogP contribution in [-0.2, 0) is 0 Å². The molecule has 0 atom stereocenters. The van der Waals surface area contributed by atoms with E-state index in [9.17, 15) is 0 Å². The topological polar surface area (TPSA) is 21.1 Å². The van der Waals surface area contributed by atoms with Gasteiger partial charge in [-0.25, -0.2) is 4.98 Å². The van der Waals surface area contributed by atoms with Crippen LogP contribution >= 0.6 is 0 Å². The molecule has 1 saturated heterocycles. The third-order valence-electron chi connectivity index (χ3n) is 4.29. The van der Waals surface area contributed by atoms with E-state index in [1.54, 1.807) is 0 Å². The molecule has 1 fully saturated rings. The van der Waals surface area contributed by atoms with Gasteiger partial charge in [-0.2, -0.15) is 0 Å². The van der Waals surface area contributed by atoms with Crippen LogP contribution in [0.3, 0.4) is 0 Å². The summed E-state index contributed by atoms with van der Waals surface area (Å²) < 4.78 is 2.20. The molecule has 4 rings (SSSR count). The zero-order chi connectivity index (χ0) is 14.1. The van der Waals surface area contributed by atoms with E-state index in [2.05, 4.69) is 63.1 Å². The molecule has 1 aliphatic rings. The van der Waals surface area contributed by atoms with Crippen molar-refractivity contribution >= 4 is 16.7 Å². The lowest BCUT2D eigenvalue weighted by atomic mass is 10.1. The maximum Gasteiger partial charge on any atom is 0.128 e. The smallest absolute Gasteiger partial charge is 0.128 e. The van der Waals surface area contributed by atoms with Gasteiger partial charge in [0, 0.05) is 19.3 Å². The minimum absolute atomic E-state index is 1.11. The van der Waals surface area contributed by atoms with Gasteiger partial charge in [-0.3, -0.25) is 0 Å². The van der Waals surface area contributed by atoms with E-state index in [0.717, 1.165) is 24.6 Å². The summed E-state index contributed by atoms with van der Waals surface area (Å²) in [7, 11) is 0. The predicted octanol–water partition coefficient (Wildman–Crippen LogP) is 4.02. The summed E-state index contributed by atoms with van der Waals surface area (Å²) in [4.78, 5) is 7.06. The van der Waals surface area contributed by atoms with Crippen LogP contribution in [0.2, 0.25) is 0 Å². The van der Waals surface area contributed by atoms with Crippen molar-refractivity contribution in [1.29, 1.82) is 0 Å². The average molecular weight is 277 g/mol. The molecule has 1 aliphatic heterocycles. The SMILES string of the molecule is c1ccc2c(c1)ccn2-c1ccc(N2CCCCC2)nc1. The normalized spacial score (nSPS) is 15.5. The van der Waals surface area contributed by atoms with Crippen LogP contribution in [0, 0.1) is 0 Å². The van der Waals surface area contributed by atoms with Gasteiger partial charge >= 0.3 is 0 Å². The Balaban J connectivity index is 1.67. The van der Waals surface area contributed by atoms with E-state index in [1.807, 2.05) is 6.20 Å². The first-order valence-electron chi connectivity index (χ1n) is 7.69. The van der Waals surface area contributed by atoms with Crippen LogP contribution < -0.4 is 4.90 Å². The van der Waals surface area contributed by atoms with Crippen molar-refractivity contribution in [2.75, 3.05) is 18.0 Å². The van der Waals surface area contributed by atoms with E-state index in [-0.39, 0.29) is 0 Å². The Labute approximate surface area is 124 Å². The zero-order valence-electron chi connectivity index (χ0n) is 12.1. The second-order valence-corrected chi connectivity index (χ2v) is 5.67. The number of anilines is 1. The van der Waals surface area contributed by atoms with Crippen LogP contribution in [0.25, 0.3) is 16.6 Å². The molecule has 0 spiro atoms. The molecule has 0 N–H and O–H groups in total. The molecule has 2 aromatic heterocycles. The molecule has 1 aromatic carbocycles. The van der Waals surface area contributed by atoms with Crippen molar-refractivity contribution in [3.05, 3.63) is 54.9 Å². The molecule has 0 radical (unpaired) electrons. The molecular weight excluding hydrogens is 258 g/mol. The highest BCUT2D eigenvalue weighted by molar-refractivity contribution is 5.81. The number of fused-ring (bicyclic) bond motifs is 1. The largest absolute Gasteiger partial charge is 0.357 e. The second kappa shape index (κ2) is 5.24. The van der Waals surface area contributed by atoms with Crippen molar-refractivity contribution < 1.29 is 0 Å². The average Bonchev–Trinajstić information content (AvgIpc) is 3.00. The minimum Gasteiger partial charge on any atom is -0.357 e. The zero-order valence-corrected chi connectivity index (χ0v) is 12.1. The van der Waals surface area contributed by atoms with Gasteiger partial charge in [0.1, 0.15) is 5.82 Å². The third kappa shape index (κ3) is 2.29. The Morgan fingerprint density at radius 3 is 2.52 bits per heavy atom. The Morgan fingerprint density at radius 2 is 1.71 bits per heavy atom. The number of para-hydroxylation sites is 1. The monoisotopic (exact) mass is 277 g/mol. The first-order chi connectivity index (χ1) is 10.4. The van der Waals surface area contributed by atoms with Crippen molar-refractivity contribution in [2.45, 2.75) is 19.3 Å². The van der Waals surface area contributed by atoms with E-state index >= 15 is 0 Å². The molecule has 3 aromatic rings. The van der Waals surface area contributed by atoms with Gasteiger partial charge in [0.2, 0.25) is 0 Å². The molecule has 106 valence electrons. The second-order valence-electron chi connectivity index (χ2n) is 5.67. The molecule has 0 unspecified atom stereocenters. The fourth-order valence-electron chi connectivity index (χ4n) is 3.14. The van der Waals surface area contributed by atoms with Crippen molar-refractivity contribution in [3.63, 3.8) is 0 Å². The number of pyridine rings is 1. The molecule has 3 nitrogen and oxygen atoms in total. The number of hydrogen-bond acceptors (Lipinski definition) is 2. The minimum atomic E-state index is 1.11. The first kappa shape index (κ1) is 12.5. The van der Waals surface area contributed by atoms with E-state index < -0.39 is 0 Å². The van der Waals surface area contributed by atoms with E-state index in [4.69, 9.17) is 0 Å². The van der Waals surface area contributed by atoms with E-state index in [1.165, 1.54) is 30.2 Å². The Hall–Kier alpha value is -2.29. The number of rotatable bonds is 2. The van der Waals surface area contributed by atoms with Crippen LogP contribution in [-0.4, -0.2) is 22.6 Å². The molecule has 3 heterocycles. The van der Waals surface area contributed by atoms with Gasteiger partial charge in [-0.05, 0) is 48.9 Å². The lowest BCUT2D eigenvalue weighted by Crippen LogP contribution is -2.30. The Morgan fingerprint density at radius 1 is 0.857 bits per heavy atom. The maximum atomic E-state index is 4.67. The number of nitrogens with zero attached hydrogens (tertiary/aromatic N) is 3. The van der Waals surface area contributed by atoms with Gasteiger partial charge in [0.05, 0.1) is 17.4 Å². The lowest BCUT2D eigenvalue weighted by Gasteiger charge is -2.27.